The van der Waals surface area contributed by atoms with E-state index in [1.807, 2.05) is 6.07 Å². The van der Waals surface area contributed by atoms with Gasteiger partial charge in [-0.2, -0.15) is 5.26 Å². The third kappa shape index (κ3) is 1.73. The number of pyridine rings is 1. The fourth-order valence-electron chi connectivity index (χ4n) is 1.42. The molecule has 2 aromatic heterocycles. The first kappa shape index (κ1) is 10.2. The molecule has 0 amide bonds. The number of carbonyl (C=O) groups is 1. The van der Waals surface area contributed by atoms with E-state index in [0.29, 0.717) is 17.1 Å². The molecule has 2 rings (SSSR count). The van der Waals surface area contributed by atoms with Gasteiger partial charge in [0, 0.05) is 6.07 Å². The predicted molar refractivity (Wildman–Crippen MR) is 57.2 cm³/mol. The Hall–Kier alpha value is -2.35. The standard InChI is InChI=1S/C11H9N3O2/c1-16-11-3-2-7-8(14-11)6-9(13-7)10(15)4-5-12/h2-3,6,13H,4H2,1H3. The molecular formula is C11H9N3O2. The largest absolute Gasteiger partial charge is 0.481 e. The zero-order chi connectivity index (χ0) is 11.5. The quantitative estimate of drug-likeness (QED) is 0.790. The molecule has 2 heterocycles. The van der Waals surface area contributed by atoms with Gasteiger partial charge < -0.3 is 9.72 Å². The molecule has 0 bridgehead atoms. The number of nitriles is 1. The Bertz CT molecular complexity index is 580. The smallest absolute Gasteiger partial charge is 0.213 e. The Morgan fingerprint density at radius 3 is 3.12 bits per heavy atom. The van der Waals surface area contributed by atoms with Crippen molar-refractivity contribution < 1.29 is 9.53 Å². The fourth-order valence-corrected chi connectivity index (χ4v) is 1.42. The van der Waals surface area contributed by atoms with Crippen LogP contribution in [0.4, 0.5) is 0 Å². The van der Waals surface area contributed by atoms with Crippen molar-refractivity contribution in [3.8, 4) is 11.9 Å². The predicted octanol–water partition coefficient (Wildman–Crippen LogP) is 1.67. The highest BCUT2D eigenvalue weighted by atomic mass is 16.5. The van der Waals surface area contributed by atoms with Gasteiger partial charge in [0.1, 0.15) is 6.42 Å². The topological polar surface area (TPSA) is 78.8 Å². The summed E-state index contributed by atoms with van der Waals surface area (Å²) in [6, 6.07) is 6.93. The lowest BCUT2D eigenvalue weighted by molar-refractivity contribution is 0.0994. The maximum Gasteiger partial charge on any atom is 0.213 e. The number of hydrogen-bond donors (Lipinski definition) is 1. The molecule has 0 aliphatic heterocycles. The number of hydrogen-bond acceptors (Lipinski definition) is 4. The lowest BCUT2D eigenvalue weighted by atomic mass is 10.2. The minimum atomic E-state index is -0.237. The molecule has 0 radical (unpaired) electrons. The summed E-state index contributed by atoms with van der Waals surface area (Å²) in [7, 11) is 1.53. The van der Waals surface area contributed by atoms with Crippen LogP contribution in [0.15, 0.2) is 18.2 Å². The van der Waals surface area contributed by atoms with Gasteiger partial charge in [0.05, 0.1) is 29.9 Å². The third-order valence-corrected chi connectivity index (χ3v) is 2.20. The molecule has 2 aromatic rings. The number of rotatable bonds is 3. The zero-order valence-electron chi connectivity index (χ0n) is 8.65. The number of fused-ring (bicyclic) bond motifs is 1. The van der Waals surface area contributed by atoms with E-state index in [1.165, 1.54) is 7.11 Å². The van der Waals surface area contributed by atoms with Crippen molar-refractivity contribution in [2.45, 2.75) is 6.42 Å². The maximum atomic E-state index is 11.5. The average Bonchev–Trinajstić information content (AvgIpc) is 2.71. The van der Waals surface area contributed by atoms with Crippen LogP contribution in [-0.2, 0) is 0 Å². The molecule has 0 aliphatic rings. The second-order valence-corrected chi connectivity index (χ2v) is 3.23. The number of nitrogens with one attached hydrogen (secondary N) is 1. The monoisotopic (exact) mass is 215 g/mol. The van der Waals surface area contributed by atoms with Crippen LogP contribution in [0.2, 0.25) is 0 Å². The van der Waals surface area contributed by atoms with Crippen LogP contribution in [-0.4, -0.2) is 22.9 Å². The van der Waals surface area contributed by atoms with E-state index in [9.17, 15) is 4.79 Å². The lowest BCUT2D eigenvalue weighted by Crippen LogP contribution is -1.96. The van der Waals surface area contributed by atoms with Crippen molar-refractivity contribution in [3.63, 3.8) is 0 Å². The van der Waals surface area contributed by atoms with E-state index in [4.69, 9.17) is 10.00 Å². The Morgan fingerprint density at radius 1 is 1.62 bits per heavy atom. The minimum Gasteiger partial charge on any atom is -0.481 e. The SMILES string of the molecule is COc1ccc2[nH]c(C(=O)CC#N)cc2n1. The van der Waals surface area contributed by atoms with Crippen molar-refractivity contribution in [1.82, 2.24) is 9.97 Å². The van der Waals surface area contributed by atoms with Gasteiger partial charge >= 0.3 is 0 Å². The van der Waals surface area contributed by atoms with Crippen LogP contribution < -0.4 is 4.74 Å². The number of carbonyl (C=O) groups excluding carboxylic acids is 1. The lowest BCUT2D eigenvalue weighted by Gasteiger charge is -1.96. The van der Waals surface area contributed by atoms with E-state index in [-0.39, 0.29) is 12.2 Å². The van der Waals surface area contributed by atoms with E-state index in [0.717, 1.165) is 5.52 Å². The molecule has 0 aromatic carbocycles. The van der Waals surface area contributed by atoms with Gasteiger partial charge in [0.2, 0.25) is 5.88 Å². The first-order valence-electron chi connectivity index (χ1n) is 4.68. The molecule has 0 atom stereocenters. The maximum absolute atomic E-state index is 11.5. The van der Waals surface area contributed by atoms with E-state index in [1.54, 1.807) is 18.2 Å². The van der Waals surface area contributed by atoms with E-state index in [2.05, 4.69) is 9.97 Å². The number of ether oxygens (including phenoxy) is 1. The third-order valence-electron chi connectivity index (χ3n) is 2.20. The second kappa shape index (κ2) is 4.03. The fraction of sp³-hybridized carbons (Fsp3) is 0.182. The number of ketones is 1. The summed E-state index contributed by atoms with van der Waals surface area (Å²) in [5, 5.41) is 8.43. The van der Waals surface area contributed by atoms with Crippen LogP contribution in [0, 0.1) is 11.3 Å². The van der Waals surface area contributed by atoms with Gasteiger partial charge in [0.25, 0.3) is 0 Å². The molecule has 0 aliphatic carbocycles. The molecule has 0 spiro atoms. The summed E-state index contributed by atoms with van der Waals surface area (Å²) in [5.74, 6) is 0.255. The molecule has 5 heteroatoms. The van der Waals surface area contributed by atoms with Crippen LogP contribution in [0.5, 0.6) is 5.88 Å². The summed E-state index contributed by atoms with van der Waals surface area (Å²) in [6.45, 7) is 0. The van der Waals surface area contributed by atoms with E-state index < -0.39 is 0 Å². The molecule has 0 fully saturated rings. The summed E-state index contributed by atoms with van der Waals surface area (Å²) in [4.78, 5) is 18.5. The number of H-pyrrole nitrogens is 1. The van der Waals surface area contributed by atoms with Crippen LogP contribution in [0.25, 0.3) is 11.0 Å². The molecule has 5 nitrogen and oxygen atoms in total. The number of aromatic amines is 1. The normalized spacial score (nSPS) is 10.0. The summed E-state index contributed by atoms with van der Waals surface area (Å²) in [6.07, 6.45) is -0.135. The van der Waals surface area contributed by atoms with Gasteiger partial charge in [-0.25, -0.2) is 4.98 Å². The van der Waals surface area contributed by atoms with Crippen molar-refractivity contribution in [2.24, 2.45) is 0 Å². The number of Topliss-reactive ketones (excluding diaryl/α,β-unsaturated/α-hetero) is 1. The summed E-state index contributed by atoms with van der Waals surface area (Å²) in [5.41, 5.74) is 1.81. The number of methoxy groups -OCH3 is 1. The van der Waals surface area contributed by atoms with Crippen molar-refractivity contribution >= 4 is 16.8 Å². The molecule has 0 saturated heterocycles. The Morgan fingerprint density at radius 2 is 2.44 bits per heavy atom. The Balaban J connectivity index is 2.44. The first-order chi connectivity index (χ1) is 7.74. The summed E-state index contributed by atoms with van der Waals surface area (Å²) < 4.78 is 4.98. The highest BCUT2D eigenvalue weighted by Crippen LogP contribution is 2.17. The van der Waals surface area contributed by atoms with Gasteiger partial charge in [0.15, 0.2) is 5.78 Å². The molecular weight excluding hydrogens is 206 g/mol. The van der Waals surface area contributed by atoms with Gasteiger partial charge in [-0.3, -0.25) is 4.79 Å². The number of nitrogens with zero attached hydrogens (tertiary/aromatic N) is 2. The molecule has 16 heavy (non-hydrogen) atoms. The summed E-state index contributed by atoms with van der Waals surface area (Å²) >= 11 is 0. The molecule has 0 saturated carbocycles. The Kier molecular flexibility index (Phi) is 2.56. The van der Waals surface area contributed by atoms with Crippen molar-refractivity contribution in [1.29, 1.82) is 5.26 Å². The van der Waals surface area contributed by atoms with Gasteiger partial charge in [-0.05, 0) is 12.1 Å². The molecule has 1 N–H and O–H groups in total. The molecule has 80 valence electrons. The van der Waals surface area contributed by atoms with E-state index >= 15 is 0 Å². The highest BCUT2D eigenvalue weighted by Gasteiger charge is 2.10. The Labute approximate surface area is 91.7 Å². The zero-order valence-corrected chi connectivity index (χ0v) is 8.65. The second-order valence-electron chi connectivity index (χ2n) is 3.23. The van der Waals surface area contributed by atoms with Crippen LogP contribution >= 0.6 is 0 Å². The average molecular weight is 215 g/mol. The van der Waals surface area contributed by atoms with Crippen LogP contribution in [0.1, 0.15) is 16.9 Å². The first-order valence-corrected chi connectivity index (χ1v) is 4.68. The van der Waals surface area contributed by atoms with Crippen molar-refractivity contribution in [2.75, 3.05) is 7.11 Å². The van der Waals surface area contributed by atoms with Crippen LogP contribution in [0.3, 0.4) is 0 Å². The molecule has 0 unspecified atom stereocenters. The highest BCUT2D eigenvalue weighted by molar-refractivity contribution is 5.99. The number of aromatic nitrogens is 2. The minimum absolute atomic E-state index is 0.135. The van der Waals surface area contributed by atoms with Gasteiger partial charge in [-0.1, -0.05) is 0 Å². The van der Waals surface area contributed by atoms with Gasteiger partial charge in [-0.15, -0.1) is 0 Å². The van der Waals surface area contributed by atoms with Crippen molar-refractivity contribution in [3.05, 3.63) is 23.9 Å².